The molecule has 0 aliphatic heterocycles. The number of hydrogen-bond donors (Lipinski definition) is 3. The van der Waals surface area contributed by atoms with E-state index in [1.54, 1.807) is 11.4 Å². The van der Waals surface area contributed by atoms with Crippen molar-refractivity contribution in [1.29, 1.82) is 0 Å². The highest BCUT2D eigenvalue weighted by Crippen LogP contribution is 2.15. The molecule has 2 aromatic heterocycles. The standard InChI is InChI=1S/C14H20N4O3/c1-4-14(7-19,8-20)17-13(21)11-6-15-18-10(3)5-9(2)16-12(11)18/h5-6,19-20H,4,7-8H2,1-3H3,(H,17,21). The van der Waals surface area contributed by atoms with E-state index < -0.39 is 11.4 Å². The molecule has 2 heterocycles. The number of hydrogen-bond acceptors (Lipinski definition) is 5. The van der Waals surface area contributed by atoms with Crippen molar-refractivity contribution in [1.82, 2.24) is 19.9 Å². The molecule has 2 rings (SSSR count). The van der Waals surface area contributed by atoms with Crippen molar-refractivity contribution in [3.8, 4) is 0 Å². The molecule has 0 radical (unpaired) electrons. The van der Waals surface area contributed by atoms with Gasteiger partial charge in [0, 0.05) is 11.4 Å². The van der Waals surface area contributed by atoms with E-state index in [2.05, 4.69) is 15.4 Å². The summed E-state index contributed by atoms with van der Waals surface area (Å²) < 4.78 is 1.59. The monoisotopic (exact) mass is 292 g/mol. The molecule has 114 valence electrons. The molecule has 3 N–H and O–H groups in total. The van der Waals surface area contributed by atoms with Crippen LogP contribution in [0.5, 0.6) is 0 Å². The molecule has 0 aliphatic carbocycles. The summed E-state index contributed by atoms with van der Waals surface area (Å²) in [5, 5.41) is 25.7. The second kappa shape index (κ2) is 5.79. The van der Waals surface area contributed by atoms with Crippen LogP contribution in [0.15, 0.2) is 12.3 Å². The van der Waals surface area contributed by atoms with Gasteiger partial charge in [-0.1, -0.05) is 6.92 Å². The lowest BCUT2D eigenvalue weighted by Gasteiger charge is -2.29. The third kappa shape index (κ3) is 2.74. The number of nitrogens with one attached hydrogen (secondary N) is 1. The van der Waals surface area contributed by atoms with Crippen molar-refractivity contribution < 1.29 is 15.0 Å². The number of aliphatic hydroxyl groups is 2. The number of aryl methyl sites for hydroxylation is 2. The Bertz CT molecular complexity index is 653. The van der Waals surface area contributed by atoms with Crippen molar-refractivity contribution in [2.45, 2.75) is 32.7 Å². The minimum atomic E-state index is -1.04. The number of carbonyl (C=O) groups is 1. The first-order valence-electron chi connectivity index (χ1n) is 6.82. The summed E-state index contributed by atoms with van der Waals surface area (Å²) in [7, 11) is 0. The average molecular weight is 292 g/mol. The molecule has 0 saturated heterocycles. The smallest absolute Gasteiger partial charge is 0.257 e. The van der Waals surface area contributed by atoms with Crippen LogP contribution >= 0.6 is 0 Å². The molecule has 21 heavy (non-hydrogen) atoms. The van der Waals surface area contributed by atoms with Gasteiger partial charge in [-0.2, -0.15) is 5.10 Å². The molecule has 0 spiro atoms. The molecule has 0 atom stereocenters. The Kier molecular flexibility index (Phi) is 4.24. The highest BCUT2D eigenvalue weighted by molar-refractivity contribution is 6.00. The van der Waals surface area contributed by atoms with Crippen molar-refractivity contribution >= 4 is 11.6 Å². The molecule has 7 nitrogen and oxygen atoms in total. The summed E-state index contributed by atoms with van der Waals surface area (Å²) in [4.78, 5) is 16.7. The number of aromatic nitrogens is 3. The average Bonchev–Trinajstić information content (AvgIpc) is 2.89. The van der Waals surface area contributed by atoms with Gasteiger partial charge >= 0.3 is 0 Å². The molecule has 0 unspecified atom stereocenters. The van der Waals surface area contributed by atoms with Crippen molar-refractivity contribution in [2.24, 2.45) is 0 Å². The van der Waals surface area contributed by atoms with Gasteiger partial charge < -0.3 is 15.5 Å². The van der Waals surface area contributed by atoms with Crippen LogP contribution in [0.1, 0.15) is 35.1 Å². The third-order valence-electron chi connectivity index (χ3n) is 3.68. The minimum Gasteiger partial charge on any atom is -0.394 e. The van der Waals surface area contributed by atoms with E-state index >= 15 is 0 Å². The van der Waals surface area contributed by atoms with E-state index in [1.807, 2.05) is 19.9 Å². The highest BCUT2D eigenvalue weighted by Gasteiger charge is 2.30. The molecule has 2 aromatic rings. The number of nitrogens with zero attached hydrogens (tertiary/aromatic N) is 3. The zero-order valence-electron chi connectivity index (χ0n) is 12.4. The molecular formula is C14H20N4O3. The number of amides is 1. The lowest BCUT2D eigenvalue weighted by Crippen LogP contribution is -2.53. The normalized spacial score (nSPS) is 11.9. The number of aliphatic hydroxyl groups excluding tert-OH is 2. The number of carbonyl (C=O) groups excluding carboxylic acids is 1. The van der Waals surface area contributed by atoms with E-state index in [9.17, 15) is 15.0 Å². The van der Waals surface area contributed by atoms with Crippen LogP contribution in [0.2, 0.25) is 0 Å². The Morgan fingerprint density at radius 2 is 2.05 bits per heavy atom. The van der Waals surface area contributed by atoms with Crippen LogP contribution in [0.4, 0.5) is 0 Å². The van der Waals surface area contributed by atoms with E-state index in [0.29, 0.717) is 17.6 Å². The Balaban J connectivity index is 2.40. The first-order chi connectivity index (χ1) is 9.96. The Morgan fingerprint density at radius 3 is 2.62 bits per heavy atom. The summed E-state index contributed by atoms with van der Waals surface area (Å²) >= 11 is 0. The van der Waals surface area contributed by atoms with Crippen LogP contribution in [0, 0.1) is 13.8 Å². The predicted octanol–water partition coefficient (Wildman–Crippen LogP) is 0.209. The summed E-state index contributed by atoms with van der Waals surface area (Å²) in [6.07, 6.45) is 1.86. The fraction of sp³-hybridized carbons (Fsp3) is 0.500. The quantitative estimate of drug-likeness (QED) is 0.731. The summed E-state index contributed by atoms with van der Waals surface area (Å²) in [6, 6.07) is 1.87. The fourth-order valence-electron chi connectivity index (χ4n) is 2.18. The molecule has 0 fully saturated rings. The molecule has 0 aliphatic rings. The van der Waals surface area contributed by atoms with Crippen molar-refractivity contribution in [3.63, 3.8) is 0 Å². The third-order valence-corrected chi connectivity index (χ3v) is 3.68. The van der Waals surface area contributed by atoms with Gasteiger partial charge in [-0.3, -0.25) is 4.79 Å². The Morgan fingerprint density at radius 1 is 1.38 bits per heavy atom. The highest BCUT2D eigenvalue weighted by atomic mass is 16.3. The summed E-state index contributed by atoms with van der Waals surface area (Å²) in [5.41, 5.74) is 1.42. The van der Waals surface area contributed by atoms with Crippen LogP contribution < -0.4 is 5.32 Å². The molecule has 7 heteroatoms. The molecule has 1 amide bonds. The van der Waals surface area contributed by atoms with Crippen LogP contribution in [-0.2, 0) is 0 Å². The SMILES string of the molecule is CCC(CO)(CO)NC(=O)c1cnn2c(C)cc(C)nc12. The van der Waals surface area contributed by atoms with E-state index in [0.717, 1.165) is 11.4 Å². The van der Waals surface area contributed by atoms with E-state index in [1.165, 1.54) is 6.20 Å². The Labute approximate surface area is 122 Å². The lowest BCUT2D eigenvalue weighted by molar-refractivity contribution is 0.0654. The van der Waals surface area contributed by atoms with Gasteiger partial charge in [-0.25, -0.2) is 9.50 Å². The maximum Gasteiger partial charge on any atom is 0.257 e. The second-order valence-electron chi connectivity index (χ2n) is 5.24. The van der Waals surface area contributed by atoms with Gasteiger partial charge in [0.2, 0.25) is 0 Å². The fourth-order valence-corrected chi connectivity index (χ4v) is 2.18. The first kappa shape index (κ1) is 15.4. The minimum absolute atomic E-state index is 0.321. The zero-order chi connectivity index (χ0) is 15.6. The summed E-state index contributed by atoms with van der Waals surface area (Å²) in [6.45, 7) is 4.84. The second-order valence-corrected chi connectivity index (χ2v) is 5.24. The van der Waals surface area contributed by atoms with Crippen molar-refractivity contribution in [2.75, 3.05) is 13.2 Å². The predicted molar refractivity (Wildman–Crippen MR) is 77.1 cm³/mol. The largest absolute Gasteiger partial charge is 0.394 e. The van der Waals surface area contributed by atoms with Gasteiger partial charge in [0.05, 0.1) is 24.9 Å². The van der Waals surface area contributed by atoms with Crippen molar-refractivity contribution in [3.05, 3.63) is 29.2 Å². The van der Waals surface area contributed by atoms with Gasteiger partial charge in [-0.05, 0) is 26.3 Å². The molecule has 0 aromatic carbocycles. The van der Waals surface area contributed by atoms with Gasteiger partial charge in [0.1, 0.15) is 5.56 Å². The zero-order valence-corrected chi connectivity index (χ0v) is 12.4. The van der Waals surface area contributed by atoms with Crippen LogP contribution in [-0.4, -0.2) is 49.5 Å². The maximum absolute atomic E-state index is 12.4. The van der Waals surface area contributed by atoms with Gasteiger partial charge in [0.25, 0.3) is 5.91 Å². The van der Waals surface area contributed by atoms with Gasteiger partial charge in [-0.15, -0.1) is 0 Å². The van der Waals surface area contributed by atoms with Crippen LogP contribution in [0.25, 0.3) is 5.65 Å². The first-order valence-corrected chi connectivity index (χ1v) is 6.82. The Hall–Kier alpha value is -1.99. The topological polar surface area (TPSA) is 99.8 Å². The number of rotatable bonds is 5. The molecular weight excluding hydrogens is 272 g/mol. The summed E-state index contributed by atoms with van der Waals surface area (Å²) in [5.74, 6) is -0.410. The van der Waals surface area contributed by atoms with E-state index in [4.69, 9.17) is 0 Å². The van der Waals surface area contributed by atoms with Crippen LogP contribution in [0.3, 0.4) is 0 Å². The molecule has 0 bridgehead atoms. The van der Waals surface area contributed by atoms with Gasteiger partial charge in [0.15, 0.2) is 5.65 Å². The number of fused-ring (bicyclic) bond motifs is 1. The lowest BCUT2D eigenvalue weighted by atomic mass is 9.98. The maximum atomic E-state index is 12.4. The molecule has 0 saturated carbocycles. The van der Waals surface area contributed by atoms with E-state index in [-0.39, 0.29) is 13.2 Å².